The van der Waals surface area contributed by atoms with Crippen LogP contribution in [0.4, 0.5) is 14.9 Å². The number of urea groups is 1. The quantitative estimate of drug-likeness (QED) is 0.368. The van der Waals surface area contributed by atoms with E-state index < -0.39 is 17.8 Å². The third kappa shape index (κ3) is 4.84. The van der Waals surface area contributed by atoms with Crippen molar-refractivity contribution in [2.75, 3.05) is 12.0 Å². The van der Waals surface area contributed by atoms with Gasteiger partial charge in [-0.25, -0.2) is 14.1 Å². The highest BCUT2D eigenvalue weighted by Crippen LogP contribution is 2.38. The summed E-state index contributed by atoms with van der Waals surface area (Å²) in [5.74, 6) is -1.13. The molecule has 0 unspecified atom stereocenters. The molecule has 1 aliphatic heterocycles. The molecule has 7 nitrogen and oxygen atoms in total. The maximum atomic E-state index is 13.1. The van der Waals surface area contributed by atoms with Gasteiger partial charge < -0.3 is 9.47 Å². The summed E-state index contributed by atoms with van der Waals surface area (Å²) in [5.41, 5.74) is 1.36. The van der Waals surface area contributed by atoms with Crippen molar-refractivity contribution < 1.29 is 28.2 Å². The van der Waals surface area contributed by atoms with Gasteiger partial charge in [-0.2, -0.15) is 0 Å². The van der Waals surface area contributed by atoms with E-state index in [1.54, 1.807) is 54.6 Å². The number of imide groups is 2. The molecule has 172 valence electrons. The molecule has 34 heavy (non-hydrogen) atoms. The molecule has 1 fully saturated rings. The summed E-state index contributed by atoms with van der Waals surface area (Å²) in [6.07, 6.45) is 1.37. The molecular formula is C25H18BrFN2O5. The van der Waals surface area contributed by atoms with Crippen LogP contribution in [0.2, 0.25) is 0 Å². The largest absolute Gasteiger partial charge is 0.493 e. The number of ether oxygens (including phenoxy) is 2. The first-order chi connectivity index (χ1) is 16.4. The van der Waals surface area contributed by atoms with E-state index in [0.29, 0.717) is 27.2 Å². The average Bonchev–Trinajstić information content (AvgIpc) is 2.82. The Bertz CT molecular complexity index is 1290. The minimum Gasteiger partial charge on any atom is -0.493 e. The molecule has 0 bridgehead atoms. The Morgan fingerprint density at radius 2 is 1.74 bits per heavy atom. The van der Waals surface area contributed by atoms with Crippen LogP contribution in [-0.2, 0) is 16.2 Å². The van der Waals surface area contributed by atoms with Crippen LogP contribution < -0.4 is 19.7 Å². The van der Waals surface area contributed by atoms with E-state index in [4.69, 9.17) is 9.47 Å². The number of nitrogens with one attached hydrogen (secondary N) is 1. The number of hydrogen-bond acceptors (Lipinski definition) is 5. The van der Waals surface area contributed by atoms with Crippen molar-refractivity contribution in [2.24, 2.45) is 0 Å². The van der Waals surface area contributed by atoms with Crippen molar-refractivity contribution in [1.29, 1.82) is 0 Å². The van der Waals surface area contributed by atoms with Gasteiger partial charge in [-0.1, -0.05) is 30.3 Å². The molecule has 0 aliphatic carbocycles. The van der Waals surface area contributed by atoms with Gasteiger partial charge in [0.05, 0.1) is 17.3 Å². The fraction of sp³-hybridized carbons (Fsp3) is 0.0800. The normalized spacial score (nSPS) is 14.9. The molecule has 0 spiro atoms. The number of halogens is 2. The van der Waals surface area contributed by atoms with Crippen LogP contribution in [-0.4, -0.2) is 25.0 Å². The number of rotatable bonds is 6. The van der Waals surface area contributed by atoms with Crippen LogP contribution in [0, 0.1) is 5.82 Å². The van der Waals surface area contributed by atoms with Crippen molar-refractivity contribution in [3.8, 4) is 11.5 Å². The van der Waals surface area contributed by atoms with Gasteiger partial charge in [0.15, 0.2) is 11.5 Å². The summed E-state index contributed by atoms with van der Waals surface area (Å²) in [6, 6.07) is 16.7. The second-order valence-corrected chi connectivity index (χ2v) is 8.10. The van der Waals surface area contributed by atoms with Crippen molar-refractivity contribution in [3.63, 3.8) is 0 Å². The molecule has 0 radical (unpaired) electrons. The summed E-state index contributed by atoms with van der Waals surface area (Å²) in [7, 11) is 1.46. The molecule has 4 rings (SSSR count). The van der Waals surface area contributed by atoms with Crippen molar-refractivity contribution in [3.05, 3.63) is 93.7 Å². The fourth-order valence-corrected chi connectivity index (χ4v) is 3.91. The smallest absolute Gasteiger partial charge is 0.335 e. The predicted octanol–water partition coefficient (Wildman–Crippen LogP) is 4.84. The zero-order chi connectivity index (χ0) is 24.2. The Labute approximate surface area is 202 Å². The van der Waals surface area contributed by atoms with Crippen molar-refractivity contribution in [2.45, 2.75) is 6.61 Å². The number of anilines is 1. The van der Waals surface area contributed by atoms with E-state index in [9.17, 15) is 18.8 Å². The average molecular weight is 525 g/mol. The molecule has 9 heteroatoms. The minimum absolute atomic E-state index is 0.171. The van der Waals surface area contributed by atoms with E-state index >= 15 is 0 Å². The summed E-state index contributed by atoms with van der Waals surface area (Å²) < 4.78 is 24.9. The van der Waals surface area contributed by atoms with Crippen LogP contribution in [0.15, 0.2) is 76.8 Å². The van der Waals surface area contributed by atoms with Gasteiger partial charge in [0.1, 0.15) is 18.0 Å². The number of carbonyl (C=O) groups is 3. The molecule has 1 aliphatic rings. The second-order valence-electron chi connectivity index (χ2n) is 7.24. The summed E-state index contributed by atoms with van der Waals surface area (Å²) >= 11 is 3.43. The Kier molecular flexibility index (Phi) is 6.74. The number of barbiturate groups is 1. The first kappa shape index (κ1) is 23.2. The summed E-state index contributed by atoms with van der Waals surface area (Å²) in [5, 5.41) is 2.19. The van der Waals surface area contributed by atoms with E-state index in [2.05, 4.69) is 21.2 Å². The molecule has 0 aromatic heterocycles. The van der Waals surface area contributed by atoms with Gasteiger partial charge in [0.25, 0.3) is 11.8 Å². The molecule has 1 saturated heterocycles. The molecule has 1 N–H and O–H groups in total. The predicted molar refractivity (Wildman–Crippen MR) is 127 cm³/mol. The third-order valence-electron chi connectivity index (χ3n) is 4.98. The highest BCUT2D eigenvalue weighted by molar-refractivity contribution is 9.10. The third-order valence-corrected chi connectivity index (χ3v) is 5.56. The van der Waals surface area contributed by atoms with E-state index in [1.165, 1.54) is 25.3 Å². The maximum Gasteiger partial charge on any atom is 0.335 e. The molecule has 0 saturated carbocycles. The van der Waals surface area contributed by atoms with Crippen molar-refractivity contribution in [1.82, 2.24) is 5.32 Å². The monoisotopic (exact) mass is 524 g/mol. The van der Waals surface area contributed by atoms with Crippen LogP contribution in [0.25, 0.3) is 6.08 Å². The number of hydrogen-bond donors (Lipinski definition) is 1. The molecule has 0 atom stereocenters. The zero-order valence-electron chi connectivity index (χ0n) is 17.9. The zero-order valence-corrected chi connectivity index (χ0v) is 19.5. The lowest BCUT2D eigenvalue weighted by molar-refractivity contribution is -0.122. The number of amides is 4. The summed E-state index contributed by atoms with van der Waals surface area (Å²) in [6.45, 7) is 0.171. The topological polar surface area (TPSA) is 84.9 Å². The highest BCUT2D eigenvalue weighted by Gasteiger charge is 2.36. The first-order valence-electron chi connectivity index (χ1n) is 10.1. The SMILES string of the molecule is COc1cc(/C=C2\C(=O)NC(=O)N(c3ccccc3)C2=O)cc(Br)c1OCc1ccc(F)cc1. The Morgan fingerprint density at radius 1 is 1.03 bits per heavy atom. The lowest BCUT2D eigenvalue weighted by Crippen LogP contribution is -2.54. The van der Waals surface area contributed by atoms with E-state index in [1.807, 2.05) is 0 Å². The van der Waals surface area contributed by atoms with E-state index in [0.717, 1.165) is 10.5 Å². The standard InChI is InChI=1S/C25H18BrFN2O5/c1-33-21-13-16(12-20(26)22(21)34-14-15-7-9-17(27)10-8-15)11-19-23(30)28-25(32)29(24(19)31)18-5-3-2-4-6-18/h2-13H,14H2,1H3,(H,28,30,32)/b19-11+. The molecule has 1 heterocycles. The number of para-hydroxylation sites is 1. The lowest BCUT2D eigenvalue weighted by Gasteiger charge is -2.26. The number of nitrogens with zero attached hydrogens (tertiary/aromatic N) is 1. The van der Waals surface area contributed by atoms with Gasteiger partial charge in [-0.3, -0.25) is 14.9 Å². The second kappa shape index (κ2) is 9.88. The first-order valence-corrected chi connectivity index (χ1v) is 10.9. The molecule has 3 aromatic carbocycles. The van der Waals surface area contributed by atoms with Gasteiger partial charge >= 0.3 is 6.03 Å². The van der Waals surface area contributed by atoms with Gasteiger partial charge in [0, 0.05) is 0 Å². The van der Waals surface area contributed by atoms with E-state index in [-0.39, 0.29) is 18.0 Å². The number of methoxy groups -OCH3 is 1. The van der Waals surface area contributed by atoms with Gasteiger partial charge in [-0.15, -0.1) is 0 Å². The fourth-order valence-electron chi connectivity index (χ4n) is 3.34. The lowest BCUT2D eigenvalue weighted by atomic mass is 10.1. The van der Waals surface area contributed by atoms with Crippen LogP contribution in [0.3, 0.4) is 0 Å². The van der Waals surface area contributed by atoms with Crippen LogP contribution in [0.1, 0.15) is 11.1 Å². The molecular weight excluding hydrogens is 507 g/mol. The highest BCUT2D eigenvalue weighted by atomic mass is 79.9. The molecule has 3 aromatic rings. The Balaban J connectivity index is 1.63. The molecule has 4 amide bonds. The number of carbonyl (C=O) groups excluding carboxylic acids is 3. The number of benzene rings is 3. The van der Waals surface area contributed by atoms with Gasteiger partial charge in [-0.05, 0) is 69.5 Å². The van der Waals surface area contributed by atoms with Crippen LogP contribution in [0.5, 0.6) is 11.5 Å². The van der Waals surface area contributed by atoms with Gasteiger partial charge in [0.2, 0.25) is 0 Å². The van der Waals surface area contributed by atoms with Crippen LogP contribution >= 0.6 is 15.9 Å². The Hall–Kier alpha value is -3.98. The van der Waals surface area contributed by atoms with Crippen molar-refractivity contribution >= 4 is 45.5 Å². The maximum absolute atomic E-state index is 13.1. The summed E-state index contributed by atoms with van der Waals surface area (Å²) in [4.78, 5) is 38.7. The Morgan fingerprint density at radius 3 is 2.41 bits per heavy atom. The minimum atomic E-state index is -0.818.